The first kappa shape index (κ1) is 28.7. The molecule has 1 aliphatic carbocycles. The summed E-state index contributed by atoms with van der Waals surface area (Å²) in [6, 6.07) is 16.7. The molecule has 0 saturated heterocycles. The fourth-order valence-electron chi connectivity index (χ4n) is 4.79. The predicted molar refractivity (Wildman–Crippen MR) is 162 cm³/mol. The van der Waals surface area contributed by atoms with Gasteiger partial charge in [-0.3, -0.25) is 9.78 Å². The van der Waals surface area contributed by atoms with E-state index in [-0.39, 0.29) is 30.0 Å². The largest absolute Gasteiger partial charge is 0.453 e. The van der Waals surface area contributed by atoms with Gasteiger partial charge in [0.1, 0.15) is 11.5 Å². The average Bonchev–Trinajstić information content (AvgIpc) is 3.63. The van der Waals surface area contributed by atoms with Crippen molar-refractivity contribution < 1.29 is 18.7 Å². The number of pyridine rings is 1. The van der Waals surface area contributed by atoms with E-state index in [9.17, 15) is 14.0 Å². The molecule has 0 aliphatic heterocycles. The Bertz CT molecular complexity index is 1530. The molecule has 2 heterocycles. The number of nitrogens with zero attached hydrogens (tertiary/aromatic N) is 2. The summed E-state index contributed by atoms with van der Waals surface area (Å²) in [4.78, 5) is 32.1. The van der Waals surface area contributed by atoms with Crippen molar-refractivity contribution in [2.45, 2.75) is 65.5 Å². The highest BCUT2D eigenvalue weighted by Gasteiger charge is 2.24. The van der Waals surface area contributed by atoms with Crippen LogP contribution in [0.2, 0.25) is 0 Å². The summed E-state index contributed by atoms with van der Waals surface area (Å²) in [5, 5.41) is 2.98. The molecule has 4 aromatic rings. The van der Waals surface area contributed by atoms with Gasteiger partial charge in [-0.15, -0.1) is 11.3 Å². The Balaban J connectivity index is 1.29. The van der Waals surface area contributed by atoms with Gasteiger partial charge >= 0.3 is 6.03 Å². The lowest BCUT2D eigenvalue weighted by Gasteiger charge is -2.24. The van der Waals surface area contributed by atoms with Crippen LogP contribution in [0.3, 0.4) is 0 Å². The van der Waals surface area contributed by atoms with Crippen molar-refractivity contribution in [2.24, 2.45) is 5.92 Å². The third-order valence-corrected chi connectivity index (χ3v) is 8.20. The molecule has 2 aromatic heterocycles. The molecule has 0 spiro atoms. The molecule has 1 aliphatic rings. The number of nitrogens with one attached hydrogen (secondary N) is 1. The van der Waals surface area contributed by atoms with Crippen LogP contribution in [0.25, 0.3) is 20.7 Å². The van der Waals surface area contributed by atoms with Gasteiger partial charge in [0, 0.05) is 49.1 Å². The summed E-state index contributed by atoms with van der Waals surface area (Å²) in [6.07, 6.45) is 5.63. The molecule has 0 radical (unpaired) electrons. The minimum Gasteiger partial charge on any atom is -0.453 e. The number of fused-ring (bicyclic) bond motifs is 1. The van der Waals surface area contributed by atoms with E-state index in [1.807, 2.05) is 49.1 Å². The van der Waals surface area contributed by atoms with Crippen LogP contribution < -0.4 is 10.1 Å². The van der Waals surface area contributed by atoms with E-state index in [1.54, 1.807) is 24.4 Å². The topological polar surface area (TPSA) is 71.5 Å². The summed E-state index contributed by atoms with van der Waals surface area (Å²) in [5.74, 6) is 0.847. The maximum Gasteiger partial charge on any atom is 0.317 e. The molecule has 6 nitrogen and oxygen atoms in total. The van der Waals surface area contributed by atoms with Crippen LogP contribution in [-0.2, 0) is 17.8 Å². The average molecular weight is 574 g/mol. The molecule has 8 heteroatoms. The van der Waals surface area contributed by atoms with Crippen LogP contribution in [0.5, 0.6) is 11.5 Å². The summed E-state index contributed by atoms with van der Waals surface area (Å²) in [5.41, 5.74) is 3.52. The van der Waals surface area contributed by atoms with Crippen molar-refractivity contribution in [3.8, 4) is 21.9 Å². The zero-order chi connectivity index (χ0) is 28.9. The van der Waals surface area contributed by atoms with Gasteiger partial charge in [0.15, 0.2) is 11.6 Å². The number of amides is 2. The van der Waals surface area contributed by atoms with Gasteiger partial charge in [-0.05, 0) is 73.9 Å². The zero-order valence-corrected chi connectivity index (χ0v) is 24.6. The maximum atomic E-state index is 14.9. The molecule has 2 aromatic carbocycles. The summed E-state index contributed by atoms with van der Waals surface area (Å²) < 4.78 is 21.8. The van der Waals surface area contributed by atoms with Crippen molar-refractivity contribution in [2.75, 3.05) is 6.54 Å². The van der Waals surface area contributed by atoms with Gasteiger partial charge in [0.25, 0.3) is 0 Å². The number of halogens is 1. The summed E-state index contributed by atoms with van der Waals surface area (Å²) >= 11 is 1.54. The van der Waals surface area contributed by atoms with Crippen LogP contribution in [-0.4, -0.2) is 34.3 Å². The first-order valence-corrected chi connectivity index (χ1v) is 15.1. The molecule has 2 amide bonds. The number of benzene rings is 2. The van der Waals surface area contributed by atoms with E-state index in [2.05, 4.69) is 17.2 Å². The van der Waals surface area contributed by atoms with Crippen molar-refractivity contribution in [3.63, 3.8) is 0 Å². The molecule has 1 N–H and O–H groups in total. The fraction of sp³-hybridized carbons (Fsp3) is 0.364. The monoisotopic (exact) mass is 573 g/mol. The highest BCUT2D eigenvalue weighted by molar-refractivity contribution is 7.22. The third-order valence-electron chi connectivity index (χ3n) is 7.01. The minimum atomic E-state index is -0.488. The van der Waals surface area contributed by atoms with Gasteiger partial charge < -0.3 is 15.0 Å². The highest BCUT2D eigenvalue weighted by atomic mass is 32.1. The lowest BCUT2D eigenvalue weighted by atomic mass is 10.0. The second-order valence-corrected chi connectivity index (χ2v) is 12.1. The van der Waals surface area contributed by atoms with Gasteiger partial charge in [-0.1, -0.05) is 37.3 Å². The van der Waals surface area contributed by atoms with Crippen LogP contribution in [0.1, 0.15) is 57.6 Å². The second kappa shape index (κ2) is 12.8. The SMILES string of the molecule is CCCN(Cc1ccc(-c2cc3nccc(Oc4ccc(CC(=O)CC5CC5)cc4F)c3s2)cc1)C(=O)NC(C)C. The molecule has 41 heavy (non-hydrogen) atoms. The van der Waals surface area contributed by atoms with Crippen LogP contribution >= 0.6 is 11.3 Å². The van der Waals surface area contributed by atoms with Crippen LogP contribution in [0, 0.1) is 11.7 Å². The minimum absolute atomic E-state index is 0.0535. The second-order valence-electron chi connectivity index (χ2n) is 11.1. The van der Waals surface area contributed by atoms with Gasteiger partial charge in [0.05, 0.1) is 10.2 Å². The van der Waals surface area contributed by atoms with Crippen molar-refractivity contribution >= 4 is 33.4 Å². The molecule has 1 saturated carbocycles. The third kappa shape index (κ3) is 7.50. The van der Waals surface area contributed by atoms with E-state index in [0.717, 1.165) is 45.5 Å². The van der Waals surface area contributed by atoms with E-state index in [1.165, 1.54) is 17.4 Å². The van der Waals surface area contributed by atoms with E-state index in [4.69, 9.17) is 4.74 Å². The molecule has 214 valence electrons. The molecule has 0 bridgehead atoms. The highest BCUT2D eigenvalue weighted by Crippen LogP contribution is 2.40. The molecule has 1 fully saturated rings. The van der Waals surface area contributed by atoms with Crippen molar-refractivity contribution in [1.29, 1.82) is 0 Å². The lowest BCUT2D eigenvalue weighted by Crippen LogP contribution is -2.42. The number of hydrogen-bond acceptors (Lipinski definition) is 5. The summed E-state index contributed by atoms with van der Waals surface area (Å²) in [6.45, 7) is 7.21. The Morgan fingerprint density at radius 2 is 1.83 bits per heavy atom. The zero-order valence-electron chi connectivity index (χ0n) is 23.8. The Morgan fingerprint density at radius 1 is 1.07 bits per heavy atom. The number of ketones is 1. The first-order chi connectivity index (χ1) is 19.8. The van der Waals surface area contributed by atoms with E-state index < -0.39 is 5.82 Å². The normalized spacial score (nSPS) is 13.0. The number of carbonyl (C=O) groups is 2. The Hall–Kier alpha value is -3.78. The first-order valence-electron chi connectivity index (χ1n) is 14.3. The number of hydrogen-bond donors (Lipinski definition) is 1. The summed E-state index contributed by atoms with van der Waals surface area (Å²) in [7, 11) is 0. The number of rotatable bonds is 12. The smallest absolute Gasteiger partial charge is 0.317 e. The molecule has 0 atom stereocenters. The van der Waals surface area contributed by atoms with Gasteiger partial charge in [0.2, 0.25) is 0 Å². The molecule has 0 unspecified atom stereocenters. The van der Waals surface area contributed by atoms with Crippen LogP contribution in [0.4, 0.5) is 9.18 Å². The van der Waals surface area contributed by atoms with Crippen LogP contribution in [0.15, 0.2) is 60.8 Å². The number of aromatic nitrogens is 1. The molecule has 5 rings (SSSR count). The number of thiophene rings is 1. The van der Waals surface area contributed by atoms with Crippen molar-refractivity contribution in [3.05, 3.63) is 77.7 Å². The predicted octanol–water partition coefficient (Wildman–Crippen LogP) is 8.14. The van der Waals surface area contributed by atoms with Crippen molar-refractivity contribution in [1.82, 2.24) is 15.2 Å². The Kier molecular flexibility index (Phi) is 8.98. The quantitative estimate of drug-likeness (QED) is 0.186. The lowest BCUT2D eigenvalue weighted by molar-refractivity contribution is -0.118. The number of urea groups is 1. The number of ether oxygens (including phenoxy) is 1. The maximum absolute atomic E-state index is 14.9. The molecular weight excluding hydrogens is 537 g/mol. The molecular formula is C33H36FN3O3S. The fourth-order valence-corrected chi connectivity index (χ4v) is 5.86. The number of Topliss-reactive ketones (excluding diaryl/α,β-unsaturated/α-hetero) is 1. The van der Waals surface area contributed by atoms with E-state index in [0.29, 0.717) is 36.7 Å². The van der Waals surface area contributed by atoms with Gasteiger partial charge in [-0.25, -0.2) is 9.18 Å². The van der Waals surface area contributed by atoms with E-state index >= 15 is 0 Å². The van der Waals surface area contributed by atoms with Gasteiger partial charge in [-0.2, -0.15) is 0 Å². The Morgan fingerprint density at radius 3 is 2.51 bits per heavy atom. The standard InChI is InChI=1S/C33H36FN3O3S/c1-4-15-37(33(39)36-21(2)3)20-23-7-10-25(11-8-23)31-19-28-32(41-31)30(13-14-35-28)40-29-12-9-24(18-27(29)34)17-26(38)16-22-5-6-22/h7-14,18-19,21-22H,4-6,15-17,20H2,1-3H3,(H,36,39). The number of carbonyl (C=O) groups excluding carboxylic acids is 2. The Labute approximate surface area is 244 Å².